The molecule has 3 aromatic rings. The maximum atomic E-state index is 2.16. The van der Waals surface area contributed by atoms with E-state index in [-0.39, 0.29) is 17.1 Å². The smallest absolute Gasteiger partial charge is 0.390 e. The normalized spacial score (nSPS) is 9.10. The molecule has 0 fully saturated rings. The van der Waals surface area contributed by atoms with E-state index in [4.69, 9.17) is 0 Å². The van der Waals surface area contributed by atoms with Crippen molar-refractivity contribution < 1.29 is 17.1 Å². The Labute approximate surface area is 132 Å². The Hall–Kier alpha value is -1.76. The third kappa shape index (κ3) is 4.41. The molecular weight excluding hydrogens is 286 g/mol. The SMILES string of the molecule is CN(C)c1ccc[c-]1-c1ccccc1.[Fe+2].c1cc[cH-]c1. The van der Waals surface area contributed by atoms with Gasteiger partial charge in [0.25, 0.3) is 0 Å². The van der Waals surface area contributed by atoms with Crippen molar-refractivity contribution in [3.63, 3.8) is 0 Å². The summed E-state index contributed by atoms with van der Waals surface area (Å²) in [5.74, 6) is 0. The second-order valence-electron chi connectivity index (χ2n) is 4.55. The fraction of sp³-hybridized carbons (Fsp3) is 0.111. The van der Waals surface area contributed by atoms with Crippen molar-refractivity contribution in [2.24, 2.45) is 0 Å². The van der Waals surface area contributed by atoms with Crippen molar-refractivity contribution in [3.8, 4) is 11.1 Å². The van der Waals surface area contributed by atoms with E-state index in [1.165, 1.54) is 16.8 Å². The molecule has 0 saturated heterocycles. The molecule has 1 nitrogen and oxygen atoms in total. The molecule has 2 heteroatoms. The van der Waals surface area contributed by atoms with E-state index in [1.807, 2.05) is 36.4 Å². The Kier molecular flexibility index (Phi) is 6.86. The predicted octanol–water partition coefficient (Wildman–Crippen LogP) is 4.54. The maximum Gasteiger partial charge on any atom is 2.00 e. The standard InChI is InChI=1S/C13H14N.C5H5.Fe/c1-14(2)13-10-6-9-12(13)11-7-4-3-5-8-11;1-2-4-5-3-1;/h3-10H,1-2H3;1-5H;/q2*-1;+2. The second kappa shape index (κ2) is 8.42. The Morgan fingerprint density at radius 1 is 0.850 bits per heavy atom. The summed E-state index contributed by atoms with van der Waals surface area (Å²) in [7, 11) is 4.14. The van der Waals surface area contributed by atoms with E-state index in [2.05, 4.69) is 61.5 Å². The molecule has 0 atom stereocenters. The molecule has 3 rings (SSSR count). The first-order valence-electron chi connectivity index (χ1n) is 6.44. The van der Waals surface area contributed by atoms with Gasteiger partial charge in [0.1, 0.15) is 0 Å². The van der Waals surface area contributed by atoms with Crippen LogP contribution in [0.5, 0.6) is 0 Å². The number of rotatable bonds is 2. The zero-order valence-corrected chi connectivity index (χ0v) is 12.9. The molecule has 0 heterocycles. The first-order chi connectivity index (χ1) is 9.29. The quantitative estimate of drug-likeness (QED) is 0.496. The molecule has 0 bridgehead atoms. The topological polar surface area (TPSA) is 3.24 Å². The molecule has 20 heavy (non-hydrogen) atoms. The van der Waals surface area contributed by atoms with Crippen LogP contribution in [-0.2, 0) is 17.1 Å². The summed E-state index contributed by atoms with van der Waals surface area (Å²) in [6, 6.07) is 26.9. The molecule has 0 aliphatic rings. The molecule has 0 aliphatic carbocycles. The van der Waals surface area contributed by atoms with E-state index in [9.17, 15) is 0 Å². The molecule has 3 aromatic carbocycles. The van der Waals surface area contributed by atoms with Crippen LogP contribution in [0.15, 0.2) is 78.9 Å². The van der Waals surface area contributed by atoms with Crippen LogP contribution >= 0.6 is 0 Å². The van der Waals surface area contributed by atoms with Gasteiger partial charge in [-0.25, -0.2) is 12.1 Å². The molecule has 0 aliphatic heterocycles. The van der Waals surface area contributed by atoms with Crippen LogP contribution in [0.2, 0.25) is 0 Å². The molecule has 0 amide bonds. The minimum atomic E-state index is 0. The van der Waals surface area contributed by atoms with Crippen molar-refractivity contribution in [1.29, 1.82) is 0 Å². The van der Waals surface area contributed by atoms with Crippen LogP contribution in [0.3, 0.4) is 0 Å². The molecule has 0 radical (unpaired) electrons. The summed E-state index contributed by atoms with van der Waals surface area (Å²) in [5.41, 5.74) is 3.85. The monoisotopic (exact) mass is 305 g/mol. The zero-order valence-electron chi connectivity index (χ0n) is 11.8. The summed E-state index contributed by atoms with van der Waals surface area (Å²) in [6.45, 7) is 0. The average Bonchev–Trinajstić information content (AvgIpc) is 3.14. The average molecular weight is 305 g/mol. The van der Waals surface area contributed by atoms with E-state index in [0.717, 1.165) is 0 Å². The summed E-state index contributed by atoms with van der Waals surface area (Å²) < 4.78 is 0. The van der Waals surface area contributed by atoms with E-state index >= 15 is 0 Å². The zero-order chi connectivity index (χ0) is 13.5. The van der Waals surface area contributed by atoms with Gasteiger partial charge in [-0.3, -0.25) is 0 Å². The van der Waals surface area contributed by atoms with Crippen LogP contribution in [-0.4, -0.2) is 14.1 Å². The minimum absolute atomic E-state index is 0. The molecule has 104 valence electrons. The number of nitrogens with zero attached hydrogens (tertiary/aromatic N) is 1. The fourth-order valence-corrected chi connectivity index (χ4v) is 1.98. The minimum Gasteiger partial charge on any atom is -0.390 e. The molecule has 0 unspecified atom stereocenters. The first kappa shape index (κ1) is 16.3. The number of hydrogen-bond acceptors (Lipinski definition) is 1. The van der Waals surface area contributed by atoms with Crippen molar-refractivity contribution in [2.45, 2.75) is 0 Å². The van der Waals surface area contributed by atoms with Crippen molar-refractivity contribution in [2.75, 3.05) is 19.0 Å². The first-order valence-corrected chi connectivity index (χ1v) is 6.44. The fourth-order valence-electron chi connectivity index (χ4n) is 1.98. The molecule has 0 saturated carbocycles. The predicted molar refractivity (Wildman–Crippen MR) is 83.8 cm³/mol. The van der Waals surface area contributed by atoms with Gasteiger partial charge in [-0.15, -0.1) is 35.9 Å². The van der Waals surface area contributed by atoms with Gasteiger partial charge in [0.15, 0.2) is 0 Å². The third-order valence-electron chi connectivity index (χ3n) is 2.92. The molecule has 0 N–H and O–H groups in total. The molecular formula is C18H19FeN. The Bertz CT molecular complexity index is 547. The van der Waals surface area contributed by atoms with E-state index in [0.29, 0.717) is 0 Å². The van der Waals surface area contributed by atoms with Crippen LogP contribution in [0.25, 0.3) is 11.1 Å². The largest absolute Gasteiger partial charge is 2.00 e. The summed E-state index contributed by atoms with van der Waals surface area (Å²) >= 11 is 0. The van der Waals surface area contributed by atoms with Gasteiger partial charge in [0, 0.05) is 14.1 Å². The number of hydrogen-bond donors (Lipinski definition) is 0. The van der Waals surface area contributed by atoms with Crippen LogP contribution in [0.4, 0.5) is 5.69 Å². The summed E-state index contributed by atoms with van der Waals surface area (Å²) in [4.78, 5) is 2.14. The van der Waals surface area contributed by atoms with Gasteiger partial charge in [-0.05, 0) is 5.69 Å². The van der Waals surface area contributed by atoms with Gasteiger partial charge in [-0.2, -0.15) is 18.2 Å². The Balaban J connectivity index is 0.000000283. The number of benzene rings is 1. The van der Waals surface area contributed by atoms with Crippen molar-refractivity contribution in [1.82, 2.24) is 0 Å². The number of anilines is 1. The van der Waals surface area contributed by atoms with Crippen LogP contribution < -0.4 is 4.90 Å². The van der Waals surface area contributed by atoms with Crippen LogP contribution in [0.1, 0.15) is 0 Å². The Morgan fingerprint density at radius 3 is 2.00 bits per heavy atom. The van der Waals surface area contributed by atoms with Gasteiger partial charge >= 0.3 is 17.1 Å². The van der Waals surface area contributed by atoms with Crippen molar-refractivity contribution in [3.05, 3.63) is 78.9 Å². The van der Waals surface area contributed by atoms with Gasteiger partial charge in [0.05, 0.1) is 0 Å². The van der Waals surface area contributed by atoms with E-state index in [1.54, 1.807) is 0 Å². The van der Waals surface area contributed by atoms with Gasteiger partial charge in [-0.1, -0.05) is 23.8 Å². The van der Waals surface area contributed by atoms with Crippen molar-refractivity contribution >= 4 is 5.69 Å². The van der Waals surface area contributed by atoms with Gasteiger partial charge < -0.3 is 4.90 Å². The molecule has 0 aromatic heterocycles. The summed E-state index contributed by atoms with van der Waals surface area (Å²) in [5, 5.41) is 0. The van der Waals surface area contributed by atoms with Gasteiger partial charge in [0.2, 0.25) is 0 Å². The Morgan fingerprint density at radius 2 is 1.50 bits per heavy atom. The summed E-state index contributed by atoms with van der Waals surface area (Å²) in [6.07, 6.45) is 0. The maximum absolute atomic E-state index is 2.16. The molecule has 0 spiro atoms. The van der Waals surface area contributed by atoms with E-state index < -0.39 is 0 Å². The van der Waals surface area contributed by atoms with Crippen LogP contribution in [0, 0.1) is 0 Å². The second-order valence-corrected chi connectivity index (χ2v) is 4.55. The third-order valence-corrected chi connectivity index (χ3v) is 2.92.